The van der Waals surface area contributed by atoms with Gasteiger partial charge in [0.1, 0.15) is 5.82 Å². The number of carboxylic acid groups (broad SMARTS) is 1. The lowest BCUT2D eigenvalue weighted by Crippen LogP contribution is -2.34. The minimum Gasteiger partial charge on any atom is -0.481 e. The Kier molecular flexibility index (Phi) is 5.90. The lowest BCUT2D eigenvalue weighted by atomic mass is 10.3. The average molecular weight is 368 g/mol. The predicted molar refractivity (Wildman–Crippen MR) is 73.1 cm³/mol. The molecule has 0 aliphatic carbocycles. The number of hydrogen-bond donors (Lipinski definition) is 3. The van der Waals surface area contributed by atoms with Gasteiger partial charge in [-0.15, -0.1) is 0 Å². The molecule has 0 spiro atoms. The molecule has 1 aromatic carbocycles. The van der Waals surface area contributed by atoms with Crippen LogP contribution in [0.3, 0.4) is 0 Å². The van der Waals surface area contributed by atoms with E-state index in [1.165, 1.54) is 0 Å². The molecule has 6 nitrogen and oxygen atoms in total. The van der Waals surface area contributed by atoms with Crippen LogP contribution in [0, 0.1) is 5.82 Å². The van der Waals surface area contributed by atoms with Crippen molar-refractivity contribution in [3.05, 3.63) is 27.4 Å². The molecule has 0 aliphatic rings. The summed E-state index contributed by atoms with van der Waals surface area (Å²) >= 11 is 8.76. The molecule has 0 radical (unpaired) electrons. The monoisotopic (exact) mass is 366 g/mol. The van der Waals surface area contributed by atoms with Crippen LogP contribution in [0.1, 0.15) is 12.8 Å². The van der Waals surface area contributed by atoms with Crippen LogP contribution in [0.25, 0.3) is 0 Å². The summed E-state index contributed by atoms with van der Waals surface area (Å²) in [5.41, 5.74) is 0.0941. The van der Waals surface area contributed by atoms with Gasteiger partial charge in [-0.05, 0) is 28.1 Å². The maximum absolute atomic E-state index is 13.0. The first-order valence-corrected chi connectivity index (χ1v) is 6.44. The van der Waals surface area contributed by atoms with Crippen molar-refractivity contribution in [3.8, 4) is 0 Å². The molecule has 1 rings (SSSR count). The van der Waals surface area contributed by atoms with Crippen LogP contribution >= 0.6 is 27.5 Å². The van der Waals surface area contributed by atoms with Crippen molar-refractivity contribution < 1.29 is 23.9 Å². The molecule has 9 heteroatoms. The number of hydrogen-bond acceptors (Lipinski definition) is 3. The number of carboxylic acids is 1. The quantitative estimate of drug-likeness (QED) is 0.762. The Morgan fingerprint density at radius 2 is 1.95 bits per heavy atom. The van der Waals surface area contributed by atoms with E-state index in [1.54, 1.807) is 0 Å². The Labute approximate surface area is 126 Å². The van der Waals surface area contributed by atoms with Crippen molar-refractivity contribution in [1.82, 2.24) is 5.32 Å². The summed E-state index contributed by atoms with van der Waals surface area (Å²) < 4.78 is 13.2. The van der Waals surface area contributed by atoms with Gasteiger partial charge in [-0.25, -0.2) is 9.18 Å². The van der Waals surface area contributed by atoms with Crippen molar-refractivity contribution in [1.29, 1.82) is 0 Å². The molecule has 0 aliphatic heterocycles. The van der Waals surface area contributed by atoms with Crippen LogP contribution in [-0.4, -0.2) is 23.0 Å². The third-order valence-electron chi connectivity index (χ3n) is 2.06. The summed E-state index contributed by atoms with van der Waals surface area (Å²) in [6.07, 6.45) is -0.721. The Bertz CT molecular complexity index is 544. The smallest absolute Gasteiger partial charge is 0.325 e. The fourth-order valence-corrected chi connectivity index (χ4v) is 2.11. The number of carbonyl (C=O) groups excluding carboxylic acids is 2. The minimum atomic E-state index is -1.15. The highest BCUT2D eigenvalue weighted by atomic mass is 79.9. The molecule has 0 saturated carbocycles. The highest BCUT2D eigenvalue weighted by molar-refractivity contribution is 9.10. The zero-order chi connectivity index (χ0) is 15.3. The molecule has 3 amide bonds. The molecule has 20 heavy (non-hydrogen) atoms. The molecule has 0 heterocycles. The highest BCUT2D eigenvalue weighted by Crippen LogP contribution is 2.31. The lowest BCUT2D eigenvalue weighted by Gasteiger charge is -2.10. The third kappa shape index (κ3) is 5.14. The zero-order valence-electron chi connectivity index (χ0n) is 9.87. The largest absolute Gasteiger partial charge is 0.481 e. The number of carbonyl (C=O) groups is 3. The number of anilines is 1. The molecule has 0 saturated heterocycles. The summed E-state index contributed by atoms with van der Waals surface area (Å²) in [6, 6.07) is 1.19. The number of aliphatic carboxylic acids is 1. The van der Waals surface area contributed by atoms with Crippen LogP contribution in [0.5, 0.6) is 0 Å². The molecule has 0 atom stereocenters. The van der Waals surface area contributed by atoms with E-state index in [4.69, 9.17) is 16.7 Å². The van der Waals surface area contributed by atoms with Gasteiger partial charge in [0.2, 0.25) is 5.91 Å². The zero-order valence-corrected chi connectivity index (χ0v) is 12.2. The van der Waals surface area contributed by atoms with Crippen LogP contribution in [0.2, 0.25) is 5.02 Å². The van der Waals surface area contributed by atoms with Gasteiger partial charge in [-0.3, -0.25) is 14.9 Å². The Hall–Kier alpha value is -1.67. The van der Waals surface area contributed by atoms with Gasteiger partial charge in [-0.2, -0.15) is 0 Å². The number of urea groups is 1. The molecule has 1 aromatic rings. The summed E-state index contributed by atoms with van der Waals surface area (Å²) in [7, 11) is 0. The van der Waals surface area contributed by atoms with Gasteiger partial charge in [-0.1, -0.05) is 11.6 Å². The van der Waals surface area contributed by atoms with Crippen LogP contribution in [0.4, 0.5) is 14.9 Å². The maximum Gasteiger partial charge on any atom is 0.325 e. The first-order chi connectivity index (χ1) is 9.29. The van der Waals surface area contributed by atoms with Crippen molar-refractivity contribution in [2.24, 2.45) is 0 Å². The Morgan fingerprint density at radius 1 is 1.30 bits per heavy atom. The molecular formula is C11H9BrClFN2O4. The van der Waals surface area contributed by atoms with Gasteiger partial charge in [0, 0.05) is 10.9 Å². The minimum absolute atomic E-state index is 0.0509. The van der Waals surface area contributed by atoms with E-state index >= 15 is 0 Å². The predicted octanol–water partition coefficient (Wildman–Crippen LogP) is 2.75. The van der Waals surface area contributed by atoms with Crippen LogP contribution in [-0.2, 0) is 9.59 Å². The van der Waals surface area contributed by atoms with E-state index < -0.39 is 23.7 Å². The SMILES string of the molecule is O=C(O)CCC(=O)NC(=O)Nc1c(Cl)cc(F)cc1Br. The Balaban J connectivity index is 2.63. The fourth-order valence-electron chi connectivity index (χ4n) is 1.22. The van der Waals surface area contributed by atoms with Crippen molar-refractivity contribution in [3.63, 3.8) is 0 Å². The first kappa shape index (κ1) is 16.4. The second-order valence-electron chi connectivity index (χ2n) is 3.64. The number of halogens is 3. The first-order valence-electron chi connectivity index (χ1n) is 5.26. The average Bonchev–Trinajstić information content (AvgIpc) is 2.31. The topological polar surface area (TPSA) is 95.5 Å². The second kappa shape index (κ2) is 7.20. The van der Waals surface area contributed by atoms with E-state index in [0.29, 0.717) is 0 Å². The second-order valence-corrected chi connectivity index (χ2v) is 4.90. The van der Waals surface area contributed by atoms with Crippen molar-refractivity contribution in [2.45, 2.75) is 12.8 Å². The molecule has 0 bridgehead atoms. The van der Waals surface area contributed by atoms with E-state index in [-0.39, 0.29) is 28.0 Å². The maximum atomic E-state index is 13.0. The fraction of sp³-hybridized carbons (Fsp3) is 0.182. The molecular weight excluding hydrogens is 358 g/mol. The lowest BCUT2D eigenvalue weighted by molar-refractivity contribution is -0.138. The van der Waals surface area contributed by atoms with Gasteiger partial charge >= 0.3 is 12.0 Å². The summed E-state index contributed by atoms with van der Waals surface area (Å²) in [4.78, 5) is 33.0. The number of nitrogens with one attached hydrogen (secondary N) is 2. The summed E-state index contributed by atoms with van der Waals surface area (Å²) in [5, 5.41) is 12.5. The van der Waals surface area contributed by atoms with Crippen molar-refractivity contribution >= 4 is 51.1 Å². The summed E-state index contributed by atoms with van der Waals surface area (Å²) in [5.74, 6) is -2.49. The van der Waals surface area contributed by atoms with Crippen molar-refractivity contribution in [2.75, 3.05) is 5.32 Å². The molecule has 0 fully saturated rings. The van der Waals surface area contributed by atoms with E-state index in [9.17, 15) is 18.8 Å². The molecule has 3 N–H and O–H groups in total. The van der Waals surface area contributed by atoms with Gasteiger partial charge in [0.05, 0.1) is 17.1 Å². The van der Waals surface area contributed by atoms with E-state index in [0.717, 1.165) is 12.1 Å². The normalized spacial score (nSPS) is 9.95. The summed E-state index contributed by atoms with van der Waals surface area (Å²) in [6.45, 7) is 0. The molecule has 0 unspecified atom stereocenters. The van der Waals surface area contributed by atoms with Crippen LogP contribution < -0.4 is 10.6 Å². The molecule has 0 aromatic heterocycles. The third-order valence-corrected chi connectivity index (χ3v) is 2.99. The standard InChI is InChI=1S/C11H9BrClFN2O4/c12-6-3-5(14)4-7(13)10(6)16-11(20)15-8(17)1-2-9(18)19/h3-4H,1-2H2,(H,18,19)(H2,15,16,17,20). The number of rotatable bonds is 4. The number of benzene rings is 1. The Morgan fingerprint density at radius 3 is 2.50 bits per heavy atom. The van der Waals surface area contributed by atoms with E-state index in [1.807, 2.05) is 5.32 Å². The van der Waals surface area contributed by atoms with Gasteiger partial charge in [0.15, 0.2) is 0 Å². The van der Waals surface area contributed by atoms with Gasteiger partial charge < -0.3 is 10.4 Å². The van der Waals surface area contributed by atoms with Gasteiger partial charge in [0.25, 0.3) is 0 Å². The number of amides is 3. The van der Waals surface area contributed by atoms with E-state index in [2.05, 4.69) is 21.2 Å². The van der Waals surface area contributed by atoms with Crippen LogP contribution in [0.15, 0.2) is 16.6 Å². The number of imide groups is 1. The molecule has 108 valence electrons. The highest BCUT2D eigenvalue weighted by Gasteiger charge is 2.14.